The number of fused-ring (bicyclic) bond motifs is 1. The molecule has 134 valence electrons. The zero-order valence-electron chi connectivity index (χ0n) is 14.5. The van der Waals surface area contributed by atoms with Gasteiger partial charge in [-0.25, -0.2) is 0 Å². The maximum absolute atomic E-state index is 12.5. The second-order valence-electron chi connectivity index (χ2n) is 7.36. The van der Waals surface area contributed by atoms with Crippen molar-refractivity contribution in [3.63, 3.8) is 0 Å². The van der Waals surface area contributed by atoms with E-state index in [1.165, 1.54) is 0 Å². The number of likely N-dealkylation sites (tertiary alicyclic amines) is 1. The van der Waals surface area contributed by atoms with Crippen molar-refractivity contribution in [1.29, 1.82) is 0 Å². The summed E-state index contributed by atoms with van der Waals surface area (Å²) in [6.07, 6.45) is 2.82. The predicted molar refractivity (Wildman–Crippen MR) is 91.0 cm³/mol. The van der Waals surface area contributed by atoms with Crippen LogP contribution >= 0.6 is 0 Å². The fraction of sp³-hybridized carbons (Fsp3) is 0.579. The number of ether oxygens (including phenoxy) is 2. The van der Waals surface area contributed by atoms with E-state index < -0.39 is 0 Å². The Morgan fingerprint density at radius 2 is 1.92 bits per heavy atom. The Balaban J connectivity index is 1.26. The van der Waals surface area contributed by atoms with Crippen molar-refractivity contribution >= 4 is 11.8 Å². The van der Waals surface area contributed by atoms with E-state index in [2.05, 4.69) is 12.2 Å². The van der Waals surface area contributed by atoms with Crippen LogP contribution in [-0.2, 0) is 16.1 Å². The third kappa shape index (κ3) is 3.43. The standard InChI is InChI=1S/C19H24N2O4/c1-12-4-6-21(7-5-12)19(23)15-9-14(15)18(22)20-10-13-2-3-16-17(8-13)25-11-24-16/h2-3,8,12,14-15H,4-7,9-11H2,1H3,(H,20,22). The van der Waals surface area contributed by atoms with Crippen molar-refractivity contribution in [3.8, 4) is 11.5 Å². The fourth-order valence-electron chi connectivity index (χ4n) is 3.59. The third-order valence-corrected chi connectivity index (χ3v) is 5.44. The molecule has 2 aliphatic heterocycles. The maximum atomic E-state index is 12.5. The first-order valence-corrected chi connectivity index (χ1v) is 9.07. The van der Waals surface area contributed by atoms with Gasteiger partial charge >= 0.3 is 0 Å². The lowest BCUT2D eigenvalue weighted by molar-refractivity contribution is -0.135. The molecule has 1 aliphatic carbocycles. The molecule has 6 nitrogen and oxygen atoms in total. The Morgan fingerprint density at radius 3 is 2.72 bits per heavy atom. The molecule has 2 heterocycles. The number of benzene rings is 1. The molecule has 0 aromatic heterocycles. The van der Waals surface area contributed by atoms with E-state index in [4.69, 9.17) is 9.47 Å². The molecule has 1 saturated heterocycles. The van der Waals surface area contributed by atoms with Crippen molar-refractivity contribution in [3.05, 3.63) is 23.8 Å². The third-order valence-electron chi connectivity index (χ3n) is 5.44. The average Bonchev–Trinajstić information content (AvgIpc) is 3.29. The summed E-state index contributed by atoms with van der Waals surface area (Å²) < 4.78 is 10.6. The number of rotatable bonds is 4. The van der Waals surface area contributed by atoms with E-state index in [0.29, 0.717) is 24.6 Å². The number of hydrogen-bond donors (Lipinski definition) is 1. The summed E-state index contributed by atoms with van der Waals surface area (Å²) >= 11 is 0. The molecule has 0 spiro atoms. The first-order valence-electron chi connectivity index (χ1n) is 9.07. The number of nitrogens with one attached hydrogen (secondary N) is 1. The first-order chi connectivity index (χ1) is 12.1. The van der Waals surface area contributed by atoms with E-state index in [1.807, 2.05) is 23.1 Å². The van der Waals surface area contributed by atoms with E-state index in [1.54, 1.807) is 0 Å². The Kier molecular flexibility index (Phi) is 4.27. The van der Waals surface area contributed by atoms with Gasteiger partial charge in [-0.2, -0.15) is 0 Å². The lowest BCUT2D eigenvalue weighted by atomic mass is 9.99. The van der Waals surface area contributed by atoms with Crippen LogP contribution in [0.2, 0.25) is 0 Å². The van der Waals surface area contributed by atoms with E-state index in [9.17, 15) is 9.59 Å². The molecule has 0 bridgehead atoms. The van der Waals surface area contributed by atoms with Crippen molar-refractivity contribution < 1.29 is 19.1 Å². The summed E-state index contributed by atoms with van der Waals surface area (Å²) in [7, 11) is 0. The van der Waals surface area contributed by atoms with Crippen LogP contribution in [0, 0.1) is 17.8 Å². The van der Waals surface area contributed by atoms with Gasteiger partial charge in [-0.1, -0.05) is 13.0 Å². The van der Waals surface area contributed by atoms with Crippen LogP contribution in [0.3, 0.4) is 0 Å². The lowest BCUT2D eigenvalue weighted by Crippen LogP contribution is -2.39. The van der Waals surface area contributed by atoms with Crippen LogP contribution in [0.5, 0.6) is 11.5 Å². The quantitative estimate of drug-likeness (QED) is 0.906. The van der Waals surface area contributed by atoms with Crippen LogP contribution in [-0.4, -0.2) is 36.6 Å². The molecule has 25 heavy (non-hydrogen) atoms. The molecule has 2 unspecified atom stereocenters. The molecule has 3 aliphatic rings. The molecular formula is C19H24N2O4. The van der Waals surface area contributed by atoms with Crippen LogP contribution in [0.1, 0.15) is 31.7 Å². The molecule has 1 N–H and O–H groups in total. The Bertz CT molecular complexity index is 682. The largest absolute Gasteiger partial charge is 0.454 e. The normalized spacial score (nSPS) is 24.9. The lowest BCUT2D eigenvalue weighted by Gasteiger charge is -2.30. The topological polar surface area (TPSA) is 67.9 Å². The summed E-state index contributed by atoms with van der Waals surface area (Å²) in [5, 5.41) is 2.94. The zero-order chi connectivity index (χ0) is 17.4. The Hall–Kier alpha value is -2.24. The second kappa shape index (κ2) is 6.58. The van der Waals surface area contributed by atoms with Crippen LogP contribution in [0.15, 0.2) is 18.2 Å². The van der Waals surface area contributed by atoms with Gasteiger partial charge in [0.2, 0.25) is 18.6 Å². The highest BCUT2D eigenvalue weighted by Crippen LogP contribution is 2.41. The molecule has 2 atom stereocenters. The number of amides is 2. The highest BCUT2D eigenvalue weighted by atomic mass is 16.7. The van der Waals surface area contributed by atoms with Gasteiger partial charge in [-0.05, 0) is 42.9 Å². The van der Waals surface area contributed by atoms with E-state index in [0.717, 1.165) is 37.2 Å². The fourth-order valence-corrected chi connectivity index (χ4v) is 3.59. The Labute approximate surface area is 147 Å². The van der Waals surface area contributed by atoms with Gasteiger partial charge in [-0.3, -0.25) is 9.59 Å². The summed E-state index contributed by atoms with van der Waals surface area (Å²) in [5.41, 5.74) is 0.964. The highest BCUT2D eigenvalue weighted by molar-refractivity contribution is 5.92. The molecule has 2 amide bonds. The molecule has 1 aromatic carbocycles. The van der Waals surface area contributed by atoms with Crippen molar-refractivity contribution in [2.75, 3.05) is 19.9 Å². The summed E-state index contributed by atoms with van der Waals surface area (Å²) in [6, 6.07) is 5.65. The minimum Gasteiger partial charge on any atom is -0.454 e. The molecule has 6 heteroatoms. The van der Waals surface area contributed by atoms with Crippen LogP contribution in [0.25, 0.3) is 0 Å². The minimum atomic E-state index is -0.166. The zero-order valence-corrected chi connectivity index (χ0v) is 14.5. The smallest absolute Gasteiger partial charge is 0.231 e. The number of nitrogens with zero attached hydrogens (tertiary/aromatic N) is 1. The van der Waals surface area contributed by atoms with Crippen molar-refractivity contribution in [2.45, 2.75) is 32.7 Å². The van der Waals surface area contributed by atoms with Gasteiger partial charge < -0.3 is 19.7 Å². The molecule has 4 rings (SSSR count). The van der Waals surface area contributed by atoms with Crippen LogP contribution in [0.4, 0.5) is 0 Å². The van der Waals surface area contributed by atoms with Gasteiger partial charge in [0.05, 0.1) is 11.8 Å². The van der Waals surface area contributed by atoms with E-state index in [-0.39, 0.29) is 30.4 Å². The predicted octanol–water partition coefficient (Wildman–Crippen LogP) is 1.93. The maximum Gasteiger partial charge on any atom is 0.231 e. The molecule has 1 aromatic rings. The number of carbonyl (C=O) groups is 2. The van der Waals surface area contributed by atoms with Gasteiger partial charge in [-0.15, -0.1) is 0 Å². The van der Waals surface area contributed by atoms with Crippen LogP contribution < -0.4 is 14.8 Å². The molecular weight excluding hydrogens is 320 g/mol. The average molecular weight is 344 g/mol. The van der Waals surface area contributed by atoms with Crippen molar-refractivity contribution in [1.82, 2.24) is 10.2 Å². The summed E-state index contributed by atoms with van der Waals surface area (Å²) in [4.78, 5) is 26.8. The molecule has 0 radical (unpaired) electrons. The van der Waals surface area contributed by atoms with Gasteiger partial charge in [0, 0.05) is 19.6 Å². The molecule has 2 fully saturated rings. The summed E-state index contributed by atoms with van der Waals surface area (Å²) in [6.45, 7) is 4.58. The summed E-state index contributed by atoms with van der Waals surface area (Å²) in [5.74, 6) is 2.00. The second-order valence-corrected chi connectivity index (χ2v) is 7.36. The van der Waals surface area contributed by atoms with Gasteiger partial charge in [0.15, 0.2) is 11.5 Å². The van der Waals surface area contributed by atoms with Crippen molar-refractivity contribution in [2.24, 2.45) is 17.8 Å². The number of carbonyl (C=O) groups excluding carboxylic acids is 2. The number of hydrogen-bond acceptors (Lipinski definition) is 4. The Morgan fingerprint density at radius 1 is 1.16 bits per heavy atom. The van der Waals surface area contributed by atoms with E-state index >= 15 is 0 Å². The monoisotopic (exact) mass is 344 g/mol. The van der Waals surface area contributed by atoms with Gasteiger partial charge in [0.1, 0.15) is 0 Å². The van der Waals surface area contributed by atoms with Gasteiger partial charge in [0.25, 0.3) is 0 Å². The molecule has 1 saturated carbocycles. The minimum absolute atomic E-state index is 0.0265. The highest BCUT2D eigenvalue weighted by Gasteiger charge is 2.49. The number of piperidine rings is 1. The first kappa shape index (κ1) is 16.2. The SMILES string of the molecule is CC1CCN(C(=O)C2CC2C(=O)NCc2ccc3c(c2)OCO3)CC1.